The molecule has 2 saturated heterocycles. The Labute approximate surface area is 147 Å². The van der Waals surface area contributed by atoms with Gasteiger partial charge >= 0.3 is 4.87 Å². The molecule has 0 spiro atoms. The Bertz CT molecular complexity index is 718. The zero-order valence-electron chi connectivity index (χ0n) is 13.7. The van der Waals surface area contributed by atoms with E-state index in [4.69, 9.17) is 0 Å². The maximum absolute atomic E-state index is 12.4. The van der Waals surface area contributed by atoms with E-state index in [0.29, 0.717) is 0 Å². The molecule has 0 atom stereocenters. The number of rotatable bonds is 5. The van der Waals surface area contributed by atoms with Crippen molar-refractivity contribution in [3.05, 3.63) is 33.4 Å². The Morgan fingerprint density at radius 1 is 1.13 bits per heavy atom. The van der Waals surface area contributed by atoms with E-state index in [0.717, 1.165) is 48.2 Å². The largest absolute Gasteiger partial charge is 0.308 e. The quantitative estimate of drug-likeness (QED) is 0.810. The maximum atomic E-state index is 12.4. The van der Waals surface area contributed by atoms with Crippen LogP contribution < -0.4 is 4.87 Å². The van der Waals surface area contributed by atoms with Crippen LogP contribution in [0.25, 0.3) is 10.2 Å². The summed E-state index contributed by atoms with van der Waals surface area (Å²) < 4.78 is 3.15. The number of benzene rings is 1. The Hall–Kier alpha value is -0.840. The van der Waals surface area contributed by atoms with E-state index >= 15 is 0 Å². The van der Waals surface area contributed by atoms with Crippen LogP contribution >= 0.6 is 23.7 Å². The van der Waals surface area contributed by atoms with Gasteiger partial charge in [-0.1, -0.05) is 30.7 Å². The van der Waals surface area contributed by atoms with Gasteiger partial charge in [-0.25, -0.2) is 0 Å². The second-order valence-electron chi connectivity index (χ2n) is 6.77. The lowest BCUT2D eigenvalue weighted by Crippen LogP contribution is -2.33. The van der Waals surface area contributed by atoms with Crippen LogP contribution in [0, 0.1) is 0 Å². The van der Waals surface area contributed by atoms with Gasteiger partial charge in [-0.05, 0) is 49.8 Å². The Kier molecular flexibility index (Phi) is 5.14. The molecule has 23 heavy (non-hydrogen) atoms. The number of aromatic nitrogens is 1. The molecule has 3 heterocycles. The number of fused-ring (bicyclic) bond motifs is 3. The van der Waals surface area contributed by atoms with Gasteiger partial charge in [0.25, 0.3) is 0 Å². The number of aryl methyl sites for hydroxylation is 1. The highest BCUT2D eigenvalue weighted by Gasteiger charge is 2.38. The molecule has 0 aliphatic carbocycles. The Morgan fingerprint density at radius 2 is 1.83 bits per heavy atom. The van der Waals surface area contributed by atoms with Crippen molar-refractivity contribution < 1.29 is 0 Å². The molecular formula is C18H25ClN2OS. The summed E-state index contributed by atoms with van der Waals surface area (Å²) in [5.74, 6) is 0. The van der Waals surface area contributed by atoms with Gasteiger partial charge in [0.15, 0.2) is 0 Å². The minimum Gasteiger partial charge on any atom is -0.297 e. The van der Waals surface area contributed by atoms with Crippen molar-refractivity contribution in [3.63, 3.8) is 0 Å². The van der Waals surface area contributed by atoms with E-state index in [-0.39, 0.29) is 17.3 Å². The first-order chi connectivity index (χ1) is 10.8. The van der Waals surface area contributed by atoms with Crippen molar-refractivity contribution in [2.45, 2.75) is 64.1 Å². The number of nitrogens with zero attached hydrogens (tertiary/aromatic N) is 2. The third-order valence-corrected chi connectivity index (χ3v) is 6.40. The molecule has 2 aliphatic rings. The molecule has 126 valence electrons. The fourth-order valence-electron chi connectivity index (χ4n) is 4.37. The summed E-state index contributed by atoms with van der Waals surface area (Å²) in [6, 6.07) is 8.13. The first-order valence-corrected chi connectivity index (χ1v) is 9.46. The first kappa shape index (κ1) is 17.0. The van der Waals surface area contributed by atoms with E-state index in [2.05, 4.69) is 30.0 Å². The van der Waals surface area contributed by atoms with E-state index in [1.165, 1.54) is 42.6 Å². The predicted octanol–water partition coefficient (Wildman–Crippen LogP) is 4.06. The zero-order valence-corrected chi connectivity index (χ0v) is 15.3. The number of thiazole rings is 1. The van der Waals surface area contributed by atoms with E-state index in [1.54, 1.807) is 0 Å². The molecule has 4 rings (SSSR count). The van der Waals surface area contributed by atoms with Gasteiger partial charge in [0, 0.05) is 25.2 Å². The van der Waals surface area contributed by atoms with Gasteiger partial charge < -0.3 is 0 Å². The van der Waals surface area contributed by atoms with Crippen LogP contribution in [0.2, 0.25) is 0 Å². The smallest absolute Gasteiger partial charge is 0.297 e. The second kappa shape index (κ2) is 6.96. The van der Waals surface area contributed by atoms with Gasteiger partial charge in [-0.15, -0.1) is 12.4 Å². The molecule has 2 aromatic rings. The summed E-state index contributed by atoms with van der Waals surface area (Å²) in [7, 11) is 0. The molecule has 2 fully saturated rings. The number of hydrogen-bond donors (Lipinski definition) is 0. The molecule has 0 unspecified atom stereocenters. The molecule has 0 saturated carbocycles. The zero-order chi connectivity index (χ0) is 15.1. The second-order valence-corrected chi connectivity index (χ2v) is 7.77. The maximum Gasteiger partial charge on any atom is 0.308 e. The molecule has 1 aromatic heterocycles. The summed E-state index contributed by atoms with van der Waals surface area (Å²) >= 11 is 1.41. The van der Waals surface area contributed by atoms with Crippen LogP contribution in [0.15, 0.2) is 23.0 Å². The SMILES string of the molecule is CCCc1ccc2c(c1)sc(=O)n2CCN1C2CCC1CC2.Cl. The van der Waals surface area contributed by atoms with Crippen molar-refractivity contribution in [3.8, 4) is 0 Å². The van der Waals surface area contributed by atoms with Crippen LogP contribution in [0.3, 0.4) is 0 Å². The lowest BCUT2D eigenvalue weighted by molar-refractivity contribution is 0.243. The highest BCUT2D eigenvalue weighted by molar-refractivity contribution is 7.16. The van der Waals surface area contributed by atoms with Crippen LogP contribution in [0.4, 0.5) is 0 Å². The third-order valence-electron chi connectivity index (χ3n) is 5.46. The molecule has 0 radical (unpaired) electrons. The van der Waals surface area contributed by atoms with Crippen LogP contribution in [0.1, 0.15) is 44.6 Å². The average Bonchev–Trinajstić information content (AvgIpc) is 3.17. The Morgan fingerprint density at radius 3 is 2.48 bits per heavy atom. The average molecular weight is 353 g/mol. The molecule has 0 amide bonds. The molecule has 5 heteroatoms. The van der Waals surface area contributed by atoms with Crippen molar-refractivity contribution in [1.82, 2.24) is 9.47 Å². The normalized spacial score (nSPS) is 23.5. The highest BCUT2D eigenvalue weighted by atomic mass is 35.5. The highest BCUT2D eigenvalue weighted by Crippen LogP contribution is 2.37. The van der Waals surface area contributed by atoms with Crippen molar-refractivity contribution >= 4 is 34.0 Å². The summed E-state index contributed by atoms with van der Waals surface area (Å²) in [5, 5.41) is 0. The predicted molar refractivity (Wildman–Crippen MR) is 100 cm³/mol. The fourth-order valence-corrected chi connectivity index (χ4v) is 5.35. The van der Waals surface area contributed by atoms with Gasteiger partial charge in [-0.2, -0.15) is 0 Å². The van der Waals surface area contributed by atoms with Crippen molar-refractivity contribution in [1.29, 1.82) is 0 Å². The monoisotopic (exact) mass is 352 g/mol. The minimum absolute atomic E-state index is 0. The van der Waals surface area contributed by atoms with Gasteiger partial charge in [-0.3, -0.25) is 14.3 Å². The lowest BCUT2D eigenvalue weighted by atomic mass is 10.0. The molecule has 2 aliphatic heterocycles. The Balaban J connectivity index is 0.00000156. The van der Waals surface area contributed by atoms with Crippen LogP contribution in [-0.4, -0.2) is 28.1 Å². The number of hydrogen-bond acceptors (Lipinski definition) is 3. The summed E-state index contributed by atoms with van der Waals surface area (Å²) in [6.07, 6.45) is 7.71. The van der Waals surface area contributed by atoms with E-state index in [1.807, 2.05) is 4.57 Å². The van der Waals surface area contributed by atoms with E-state index in [9.17, 15) is 4.79 Å². The molecule has 0 N–H and O–H groups in total. The molecule has 3 nitrogen and oxygen atoms in total. The molecule has 1 aromatic carbocycles. The number of halogens is 1. The van der Waals surface area contributed by atoms with Crippen LogP contribution in [-0.2, 0) is 13.0 Å². The van der Waals surface area contributed by atoms with Gasteiger partial charge in [0.05, 0.1) is 10.2 Å². The fraction of sp³-hybridized carbons (Fsp3) is 0.611. The van der Waals surface area contributed by atoms with Crippen molar-refractivity contribution in [2.24, 2.45) is 0 Å². The van der Waals surface area contributed by atoms with Gasteiger partial charge in [0.1, 0.15) is 0 Å². The topological polar surface area (TPSA) is 25.2 Å². The standard InChI is InChI=1S/C18H24N2OS.ClH/c1-2-3-13-4-9-16-17(12-13)22-18(21)20(16)11-10-19-14-5-6-15(19)8-7-14;/h4,9,12,14-15H,2-3,5-8,10-11H2,1H3;1H. The molecular weight excluding hydrogens is 328 g/mol. The van der Waals surface area contributed by atoms with Crippen LogP contribution in [0.5, 0.6) is 0 Å². The van der Waals surface area contributed by atoms with Gasteiger partial charge in [0.2, 0.25) is 0 Å². The summed E-state index contributed by atoms with van der Waals surface area (Å²) in [6.45, 7) is 4.08. The first-order valence-electron chi connectivity index (χ1n) is 8.64. The lowest BCUT2D eigenvalue weighted by Gasteiger charge is -2.21. The van der Waals surface area contributed by atoms with E-state index < -0.39 is 0 Å². The summed E-state index contributed by atoms with van der Waals surface area (Å²) in [5.41, 5.74) is 2.47. The molecule has 2 bridgehead atoms. The van der Waals surface area contributed by atoms with Crippen molar-refractivity contribution in [2.75, 3.05) is 6.54 Å². The summed E-state index contributed by atoms with van der Waals surface area (Å²) in [4.78, 5) is 15.2. The third kappa shape index (κ3) is 3.09. The minimum atomic E-state index is 0.